The summed E-state index contributed by atoms with van der Waals surface area (Å²) in [6, 6.07) is 0.212. The molecule has 0 bridgehead atoms. The van der Waals surface area contributed by atoms with Crippen molar-refractivity contribution in [2.75, 3.05) is 0 Å². The number of rotatable bonds is 3. The van der Waals surface area contributed by atoms with Gasteiger partial charge in [0.1, 0.15) is 6.10 Å². The van der Waals surface area contributed by atoms with Gasteiger partial charge in [-0.05, 0) is 38.0 Å². The molecular formula is C15H25ClN2O. The highest BCUT2D eigenvalue weighted by Gasteiger charge is 2.39. The first kappa shape index (κ1) is 14.9. The van der Waals surface area contributed by atoms with Gasteiger partial charge in [-0.2, -0.15) is 5.10 Å². The van der Waals surface area contributed by atoms with Gasteiger partial charge in [-0.1, -0.05) is 38.3 Å². The number of aliphatic hydroxyl groups excluding tert-OH is 1. The fourth-order valence-corrected chi connectivity index (χ4v) is 3.58. The van der Waals surface area contributed by atoms with E-state index in [4.69, 9.17) is 11.6 Å². The molecule has 1 aliphatic rings. The van der Waals surface area contributed by atoms with E-state index in [2.05, 4.69) is 32.8 Å². The minimum Gasteiger partial charge on any atom is -0.386 e. The summed E-state index contributed by atoms with van der Waals surface area (Å²) in [4.78, 5) is 0. The van der Waals surface area contributed by atoms with Gasteiger partial charge >= 0.3 is 0 Å². The second-order valence-electron chi connectivity index (χ2n) is 6.70. The van der Waals surface area contributed by atoms with Crippen LogP contribution in [0.25, 0.3) is 0 Å². The summed E-state index contributed by atoms with van der Waals surface area (Å²) < 4.78 is 1.86. The van der Waals surface area contributed by atoms with Crippen molar-refractivity contribution in [1.29, 1.82) is 0 Å². The van der Waals surface area contributed by atoms with Crippen molar-refractivity contribution >= 4 is 11.6 Å². The Hall–Kier alpha value is -0.540. The monoisotopic (exact) mass is 284 g/mol. The molecule has 0 saturated heterocycles. The molecule has 1 heterocycles. The Morgan fingerprint density at radius 1 is 1.42 bits per heavy atom. The molecule has 0 radical (unpaired) electrons. The largest absolute Gasteiger partial charge is 0.386 e. The van der Waals surface area contributed by atoms with Crippen molar-refractivity contribution in [3.63, 3.8) is 0 Å². The first-order valence-corrected chi connectivity index (χ1v) is 7.63. The van der Waals surface area contributed by atoms with Gasteiger partial charge in [-0.15, -0.1) is 0 Å². The minimum atomic E-state index is -0.521. The average molecular weight is 285 g/mol. The van der Waals surface area contributed by atoms with Crippen LogP contribution in [0.4, 0.5) is 0 Å². The lowest BCUT2D eigenvalue weighted by Crippen LogP contribution is -2.33. The maximum absolute atomic E-state index is 10.8. The van der Waals surface area contributed by atoms with Gasteiger partial charge in [0.2, 0.25) is 0 Å². The second kappa shape index (κ2) is 5.45. The van der Waals surface area contributed by atoms with Crippen LogP contribution in [0.1, 0.15) is 71.2 Å². The van der Waals surface area contributed by atoms with E-state index in [1.165, 1.54) is 19.3 Å². The lowest BCUT2D eigenvalue weighted by molar-refractivity contribution is -0.00155. The molecular weight excluding hydrogens is 260 g/mol. The molecule has 0 spiro atoms. The van der Waals surface area contributed by atoms with Gasteiger partial charge in [0.05, 0.1) is 16.9 Å². The molecule has 1 fully saturated rings. The van der Waals surface area contributed by atoms with Crippen LogP contribution in [-0.4, -0.2) is 14.9 Å². The van der Waals surface area contributed by atoms with E-state index in [9.17, 15) is 5.11 Å². The van der Waals surface area contributed by atoms with Crippen LogP contribution < -0.4 is 0 Å². The molecule has 0 aliphatic heterocycles. The van der Waals surface area contributed by atoms with E-state index in [-0.39, 0.29) is 17.4 Å². The molecule has 19 heavy (non-hydrogen) atoms. The maximum atomic E-state index is 10.8. The lowest BCUT2D eigenvalue weighted by Gasteiger charge is -2.41. The highest BCUT2D eigenvalue weighted by atomic mass is 35.5. The molecule has 2 rings (SSSR count). The number of halogens is 1. The highest BCUT2D eigenvalue weighted by Crippen LogP contribution is 2.47. The standard InChI is InChI=1S/C15H25ClN2O/c1-10(2)18-13(12(16)9-17-18)14(19)11-7-5-6-8-15(11,3)4/h9-11,14,19H,5-8H2,1-4H3. The third kappa shape index (κ3) is 2.82. The zero-order valence-electron chi connectivity index (χ0n) is 12.4. The Balaban J connectivity index is 2.33. The van der Waals surface area contributed by atoms with Gasteiger partial charge in [0.25, 0.3) is 0 Å². The molecule has 1 aliphatic carbocycles. The Kier molecular flexibility index (Phi) is 4.26. The number of aromatic nitrogens is 2. The van der Waals surface area contributed by atoms with E-state index in [1.807, 2.05) is 4.68 Å². The van der Waals surface area contributed by atoms with E-state index < -0.39 is 6.10 Å². The van der Waals surface area contributed by atoms with Crippen LogP contribution in [0, 0.1) is 11.3 Å². The lowest BCUT2D eigenvalue weighted by atomic mass is 9.66. The summed E-state index contributed by atoms with van der Waals surface area (Å²) in [6.45, 7) is 8.63. The molecule has 0 aromatic carbocycles. The first-order valence-electron chi connectivity index (χ1n) is 7.25. The zero-order chi connectivity index (χ0) is 14.2. The molecule has 4 heteroatoms. The molecule has 1 aromatic heterocycles. The average Bonchev–Trinajstić information content (AvgIpc) is 2.70. The van der Waals surface area contributed by atoms with Crippen molar-refractivity contribution < 1.29 is 5.11 Å². The van der Waals surface area contributed by atoms with Gasteiger partial charge in [-0.25, -0.2) is 0 Å². The van der Waals surface area contributed by atoms with Gasteiger partial charge in [-0.3, -0.25) is 4.68 Å². The SMILES string of the molecule is CC(C)n1ncc(Cl)c1C(O)C1CCCCC1(C)C. The Bertz CT molecular complexity index is 439. The van der Waals surface area contributed by atoms with Gasteiger partial charge in [0, 0.05) is 6.04 Å². The predicted octanol–water partition coefficient (Wildman–Crippen LogP) is 4.37. The van der Waals surface area contributed by atoms with E-state index in [0.29, 0.717) is 5.02 Å². The van der Waals surface area contributed by atoms with Gasteiger partial charge < -0.3 is 5.11 Å². The van der Waals surface area contributed by atoms with Crippen molar-refractivity contribution in [3.05, 3.63) is 16.9 Å². The number of hydrogen-bond acceptors (Lipinski definition) is 2. The third-order valence-corrected chi connectivity index (χ3v) is 4.82. The van der Waals surface area contributed by atoms with Crippen molar-refractivity contribution in [2.24, 2.45) is 11.3 Å². The van der Waals surface area contributed by atoms with Crippen LogP contribution in [0.3, 0.4) is 0 Å². The van der Waals surface area contributed by atoms with Crippen molar-refractivity contribution in [3.8, 4) is 0 Å². The van der Waals surface area contributed by atoms with E-state index in [0.717, 1.165) is 12.1 Å². The maximum Gasteiger partial charge on any atom is 0.100 e. The molecule has 0 amide bonds. The zero-order valence-corrected chi connectivity index (χ0v) is 13.1. The summed E-state index contributed by atoms with van der Waals surface area (Å²) >= 11 is 6.25. The summed E-state index contributed by atoms with van der Waals surface area (Å²) in [6.07, 6.45) is 5.81. The molecule has 3 nitrogen and oxygen atoms in total. The molecule has 1 saturated carbocycles. The fraction of sp³-hybridized carbons (Fsp3) is 0.800. The number of hydrogen-bond donors (Lipinski definition) is 1. The molecule has 2 atom stereocenters. The summed E-state index contributed by atoms with van der Waals surface area (Å²) in [5, 5.41) is 15.7. The van der Waals surface area contributed by atoms with Crippen LogP contribution in [-0.2, 0) is 0 Å². The van der Waals surface area contributed by atoms with Crippen LogP contribution in [0.2, 0.25) is 5.02 Å². The summed E-state index contributed by atoms with van der Waals surface area (Å²) in [5.41, 5.74) is 0.948. The van der Waals surface area contributed by atoms with E-state index >= 15 is 0 Å². The van der Waals surface area contributed by atoms with Crippen LogP contribution in [0.5, 0.6) is 0 Å². The number of aliphatic hydroxyl groups is 1. The normalized spacial score (nSPS) is 24.7. The van der Waals surface area contributed by atoms with Gasteiger partial charge in [0.15, 0.2) is 0 Å². The minimum absolute atomic E-state index is 0.160. The Labute approximate surface area is 121 Å². The third-order valence-electron chi connectivity index (χ3n) is 4.53. The quantitative estimate of drug-likeness (QED) is 0.895. The van der Waals surface area contributed by atoms with E-state index in [1.54, 1.807) is 6.20 Å². The first-order chi connectivity index (χ1) is 8.84. The van der Waals surface area contributed by atoms with Crippen molar-refractivity contribution in [2.45, 2.75) is 65.5 Å². The van der Waals surface area contributed by atoms with Crippen molar-refractivity contribution in [1.82, 2.24) is 9.78 Å². The summed E-state index contributed by atoms with van der Waals surface area (Å²) in [5.74, 6) is 0.257. The molecule has 1 aromatic rings. The predicted molar refractivity (Wildman–Crippen MR) is 78.3 cm³/mol. The topological polar surface area (TPSA) is 38.0 Å². The smallest absolute Gasteiger partial charge is 0.100 e. The Morgan fingerprint density at radius 3 is 2.68 bits per heavy atom. The molecule has 1 N–H and O–H groups in total. The molecule has 2 unspecified atom stereocenters. The molecule has 108 valence electrons. The number of nitrogens with zero attached hydrogens (tertiary/aromatic N) is 2. The Morgan fingerprint density at radius 2 is 2.11 bits per heavy atom. The highest BCUT2D eigenvalue weighted by molar-refractivity contribution is 6.31. The second-order valence-corrected chi connectivity index (χ2v) is 7.11. The summed E-state index contributed by atoms with van der Waals surface area (Å²) in [7, 11) is 0. The van der Waals surface area contributed by atoms with Crippen LogP contribution >= 0.6 is 11.6 Å². The fourth-order valence-electron chi connectivity index (χ4n) is 3.34. The van der Waals surface area contributed by atoms with Crippen LogP contribution in [0.15, 0.2) is 6.20 Å².